The van der Waals surface area contributed by atoms with Crippen molar-refractivity contribution in [2.75, 3.05) is 13.1 Å². The van der Waals surface area contributed by atoms with Crippen LogP contribution in [0.4, 0.5) is 0 Å². The molecule has 8 nitrogen and oxygen atoms in total. The SMILES string of the molecule is Cc1cncc(C(=O)N2CCC3(CC2)N[C@H](C(=O)NC(C)C)Cc2[nH]cnc23)c1. The van der Waals surface area contributed by atoms with Crippen LogP contribution < -0.4 is 10.6 Å². The number of aromatic nitrogens is 3. The predicted octanol–water partition coefficient (Wildman–Crippen LogP) is 1.28. The van der Waals surface area contributed by atoms with Gasteiger partial charge >= 0.3 is 0 Å². The number of fused-ring (bicyclic) bond motifs is 2. The van der Waals surface area contributed by atoms with Gasteiger partial charge in [0.25, 0.3) is 5.91 Å². The van der Waals surface area contributed by atoms with Crippen LogP contribution in [0.5, 0.6) is 0 Å². The van der Waals surface area contributed by atoms with E-state index in [2.05, 4.69) is 25.6 Å². The summed E-state index contributed by atoms with van der Waals surface area (Å²) < 4.78 is 0. The third-order valence-electron chi connectivity index (χ3n) is 5.80. The molecule has 154 valence electrons. The Morgan fingerprint density at radius 2 is 2.03 bits per heavy atom. The van der Waals surface area contributed by atoms with Gasteiger partial charge in [-0.05, 0) is 45.2 Å². The number of imidazole rings is 1. The standard InChI is InChI=1S/C21H28N6O2/c1-13(2)25-19(28)17-9-16-18(24-12-23-16)21(26-17)4-6-27(7-5-21)20(29)15-8-14(3)10-22-11-15/h8,10-13,17,26H,4-7,9H2,1-3H3,(H,23,24)(H,25,28)/t17-/m0/s1. The minimum Gasteiger partial charge on any atom is -0.353 e. The van der Waals surface area contributed by atoms with Crippen molar-refractivity contribution in [3.05, 3.63) is 47.3 Å². The number of nitrogens with zero attached hydrogens (tertiary/aromatic N) is 3. The summed E-state index contributed by atoms with van der Waals surface area (Å²) in [5, 5.41) is 6.58. The largest absolute Gasteiger partial charge is 0.353 e. The fourth-order valence-electron chi connectivity index (χ4n) is 4.42. The van der Waals surface area contributed by atoms with Gasteiger partial charge in [0.15, 0.2) is 0 Å². The summed E-state index contributed by atoms with van der Waals surface area (Å²) in [5.74, 6) is 0.00665. The van der Waals surface area contributed by atoms with Gasteiger partial charge in [0.1, 0.15) is 0 Å². The molecule has 1 spiro atoms. The van der Waals surface area contributed by atoms with Crippen LogP contribution >= 0.6 is 0 Å². The Kier molecular flexibility index (Phi) is 5.12. The molecule has 1 fully saturated rings. The zero-order chi connectivity index (χ0) is 20.6. The van der Waals surface area contributed by atoms with Gasteiger partial charge in [-0.25, -0.2) is 4.98 Å². The van der Waals surface area contributed by atoms with Crippen molar-refractivity contribution >= 4 is 11.8 Å². The second kappa shape index (κ2) is 7.59. The number of H-pyrrole nitrogens is 1. The van der Waals surface area contributed by atoms with E-state index in [-0.39, 0.29) is 23.9 Å². The number of pyridine rings is 1. The van der Waals surface area contributed by atoms with E-state index < -0.39 is 5.54 Å². The molecule has 1 atom stereocenters. The first-order valence-electron chi connectivity index (χ1n) is 10.2. The molecule has 0 aromatic carbocycles. The first-order valence-corrected chi connectivity index (χ1v) is 10.2. The third-order valence-corrected chi connectivity index (χ3v) is 5.80. The normalized spacial score (nSPS) is 20.6. The van der Waals surface area contributed by atoms with E-state index >= 15 is 0 Å². The number of amides is 2. The Morgan fingerprint density at radius 1 is 1.28 bits per heavy atom. The number of piperidine rings is 1. The molecule has 2 amide bonds. The van der Waals surface area contributed by atoms with Crippen molar-refractivity contribution in [2.24, 2.45) is 0 Å². The highest BCUT2D eigenvalue weighted by atomic mass is 16.2. The Morgan fingerprint density at radius 3 is 2.72 bits per heavy atom. The van der Waals surface area contributed by atoms with E-state index in [9.17, 15) is 9.59 Å². The van der Waals surface area contributed by atoms with E-state index in [0.29, 0.717) is 37.9 Å². The highest BCUT2D eigenvalue weighted by molar-refractivity contribution is 5.94. The maximum Gasteiger partial charge on any atom is 0.255 e. The number of carbonyl (C=O) groups is 2. The number of hydrogen-bond acceptors (Lipinski definition) is 5. The Bertz CT molecular complexity index is 913. The van der Waals surface area contributed by atoms with Crippen LogP contribution in [0.15, 0.2) is 24.8 Å². The molecule has 0 radical (unpaired) electrons. The summed E-state index contributed by atoms with van der Waals surface area (Å²) in [5.41, 5.74) is 3.19. The fourth-order valence-corrected chi connectivity index (χ4v) is 4.42. The number of nitrogens with one attached hydrogen (secondary N) is 3. The van der Waals surface area contributed by atoms with Crippen molar-refractivity contribution in [1.82, 2.24) is 30.5 Å². The first kappa shape index (κ1) is 19.6. The van der Waals surface area contributed by atoms with Crippen LogP contribution in [0.1, 0.15) is 54.0 Å². The third kappa shape index (κ3) is 3.76. The molecule has 3 N–H and O–H groups in total. The van der Waals surface area contributed by atoms with Crippen LogP contribution in [0.25, 0.3) is 0 Å². The van der Waals surface area contributed by atoms with E-state index in [1.54, 1.807) is 18.7 Å². The van der Waals surface area contributed by atoms with Crippen molar-refractivity contribution in [3.63, 3.8) is 0 Å². The highest BCUT2D eigenvalue weighted by Gasteiger charge is 2.46. The van der Waals surface area contributed by atoms with E-state index in [1.165, 1.54) is 0 Å². The highest BCUT2D eigenvalue weighted by Crippen LogP contribution is 2.37. The van der Waals surface area contributed by atoms with E-state index in [1.807, 2.05) is 31.7 Å². The Balaban J connectivity index is 1.52. The number of rotatable bonds is 3. The number of carbonyl (C=O) groups excluding carboxylic acids is 2. The molecule has 0 saturated carbocycles. The second-order valence-corrected chi connectivity index (χ2v) is 8.42. The fraction of sp³-hybridized carbons (Fsp3) is 0.524. The van der Waals surface area contributed by atoms with Gasteiger partial charge in [-0.2, -0.15) is 0 Å². The van der Waals surface area contributed by atoms with Gasteiger partial charge in [0, 0.05) is 43.6 Å². The first-order chi connectivity index (χ1) is 13.9. The summed E-state index contributed by atoms with van der Waals surface area (Å²) >= 11 is 0. The number of aryl methyl sites for hydroxylation is 1. The molecule has 29 heavy (non-hydrogen) atoms. The molecule has 0 bridgehead atoms. The monoisotopic (exact) mass is 396 g/mol. The zero-order valence-corrected chi connectivity index (χ0v) is 17.2. The van der Waals surface area contributed by atoms with Crippen LogP contribution in [0.3, 0.4) is 0 Å². The second-order valence-electron chi connectivity index (χ2n) is 8.42. The van der Waals surface area contributed by atoms with Crippen LogP contribution in [0, 0.1) is 6.92 Å². The average molecular weight is 396 g/mol. The Hall–Kier alpha value is -2.74. The lowest BCUT2D eigenvalue weighted by molar-refractivity contribution is -0.124. The van der Waals surface area contributed by atoms with Crippen molar-refractivity contribution in [1.29, 1.82) is 0 Å². The molecule has 2 aromatic rings. The quantitative estimate of drug-likeness (QED) is 0.725. The molecule has 4 rings (SSSR count). The minimum atomic E-state index is -0.395. The smallest absolute Gasteiger partial charge is 0.255 e. The molecular formula is C21H28N6O2. The minimum absolute atomic E-state index is 0.00297. The summed E-state index contributed by atoms with van der Waals surface area (Å²) in [7, 11) is 0. The van der Waals surface area contributed by atoms with Crippen LogP contribution in [0.2, 0.25) is 0 Å². The molecule has 0 unspecified atom stereocenters. The predicted molar refractivity (Wildman–Crippen MR) is 108 cm³/mol. The molecule has 1 saturated heterocycles. The summed E-state index contributed by atoms with van der Waals surface area (Å²) in [6.07, 6.45) is 7.08. The summed E-state index contributed by atoms with van der Waals surface area (Å²) in [6.45, 7) is 7.06. The van der Waals surface area contributed by atoms with Crippen LogP contribution in [-0.4, -0.2) is 56.8 Å². The van der Waals surface area contributed by atoms with Crippen molar-refractivity contribution in [3.8, 4) is 0 Å². The van der Waals surface area contributed by atoms with Crippen molar-refractivity contribution < 1.29 is 9.59 Å². The molecule has 0 aliphatic carbocycles. The molecule has 8 heteroatoms. The number of aromatic amines is 1. The molecule has 2 aliphatic rings. The lowest BCUT2D eigenvalue weighted by Gasteiger charge is -2.46. The topological polar surface area (TPSA) is 103 Å². The van der Waals surface area contributed by atoms with E-state index in [0.717, 1.165) is 17.0 Å². The zero-order valence-electron chi connectivity index (χ0n) is 17.2. The van der Waals surface area contributed by atoms with Gasteiger partial charge in [-0.3, -0.25) is 19.9 Å². The van der Waals surface area contributed by atoms with Gasteiger partial charge in [0.2, 0.25) is 5.91 Å². The maximum absolute atomic E-state index is 12.9. The van der Waals surface area contributed by atoms with Crippen LogP contribution in [-0.2, 0) is 16.8 Å². The van der Waals surface area contributed by atoms with Gasteiger partial charge < -0.3 is 15.2 Å². The van der Waals surface area contributed by atoms with Gasteiger partial charge in [-0.1, -0.05) is 0 Å². The molecule has 2 aromatic heterocycles. The molecule has 2 aliphatic heterocycles. The van der Waals surface area contributed by atoms with Crippen molar-refractivity contribution in [2.45, 2.75) is 57.7 Å². The van der Waals surface area contributed by atoms with Gasteiger partial charge in [0.05, 0.1) is 29.2 Å². The molecule has 4 heterocycles. The number of hydrogen-bond donors (Lipinski definition) is 3. The van der Waals surface area contributed by atoms with Gasteiger partial charge in [-0.15, -0.1) is 0 Å². The Labute approximate surface area is 170 Å². The summed E-state index contributed by atoms with van der Waals surface area (Å²) in [6, 6.07) is 1.65. The lowest BCUT2D eigenvalue weighted by atomic mass is 9.78. The lowest BCUT2D eigenvalue weighted by Crippen LogP contribution is -2.62. The van der Waals surface area contributed by atoms with E-state index in [4.69, 9.17) is 0 Å². The number of likely N-dealkylation sites (tertiary alicyclic amines) is 1. The maximum atomic E-state index is 12.9. The molecular weight excluding hydrogens is 368 g/mol. The summed E-state index contributed by atoms with van der Waals surface area (Å²) in [4.78, 5) is 39.4. The average Bonchev–Trinajstić information content (AvgIpc) is 3.17.